The highest BCUT2D eigenvalue weighted by molar-refractivity contribution is 7.65. The lowest BCUT2D eigenvalue weighted by atomic mass is 10.0. The van der Waals surface area contributed by atoms with Gasteiger partial charge >= 0.3 is 6.00 Å². The number of hydrogen-bond acceptors (Lipinski definition) is 2. The van der Waals surface area contributed by atoms with Crippen molar-refractivity contribution >= 4 is 39.2 Å². The van der Waals surface area contributed by atoms with E-state index in [2.05, 4.69) is 12.6 Å². The summed E-state index contributed by atoms with van der Waals surface area (Å²) in [4.78, 5) is 0. The summed E-state index contributed by atoms with van der Waals surface area (Å²) in [7, 11) is 1.64. The Morgan fingerprint density at radius 3 is 2.38 bits per heavy atom. The molecule has 2 aromatic rings. The first-order valence-corrected chi connectivity index (χ1v) is 13.5. The highest BCUT2D eigenvalue weighted by Crippen LogP contribution is 2.36. The lowest BCUT2D eigenvalue weighted by molar-refractivity contribution is 0.0862. The van der Waals surface area contributed by atoms with E-state index >= 15 is 0 Å². The SMILES string of the molecule is C=CCc1ccc(-c2ccccc2)c(OC(CC(C)OC)[Si](Cl)(Cl)Cl)c1. The zero-order valence-electron chi connectivity index (χ0n) is 14.9. The fraction of sp³-hybridized carbons (Fsp3) is 0.300. The predicted molar refractivity (Wildman–Crippen MR) is 115 cm³/mol. The summed E-state index contributed by atoms with van der Waals surface area (Å²) >= 11 is 19.0. The zero-order valence-corrected chi connectivity index (χ0v) is 18.2. The van der Waals surface area contributed by atoms with Crippen molar-refractivity contribution < 1.29 is 9.47 Å². The van der Waals surface area contributed by atoms with Gasteiger partial charge < -0.3 is 9.47 Å². The van der Waals surface area contributed by atoms with E-state index in [1.54, 1.807) is 7.11 Å². The molecule has 0 saturated heterocycles. The van der Waals surface area contributed by atoms with E-state index in [-0.39, 0.29) is 6.10 Å². The van der Waals surface area contributed by atoms with Gasteiger partial charge in [-0.3, -0.25) is 0 Å². The van der Waals surface area contributed by atoms with E-state index in [0.717, 1.165) is 23.1 Å². The highest BCUT2D eigenvalue weighted by atomic mass is 35.8. The molecule has 0 aliphatic rings. The van der Waals surface area contributed by atoms with E-state index in [4.69, 9.17) is 42.7 Å². The van der Waals surface area contributed by atoms with Crippen molar-refractivity contribution in [2.75, 3.05) is 7.11 Å². The molecule has 0 heterocycles. The van der Waals surface area contributed by atoms with Crippen molar-refractivity contribution in [3.05, 3.63) is 66.7 Å². The molecule has 0 aliphatic heterocycles. The normalized spacial score (nSPS) is 13.9. The van der Waals surface area contributed by atoms with Gasteiger partial charge in [-0.15, -0.1) is 39.8 Å². The van der Waals surface area contributed by atoms with Crippen LogP contribution in [0.3, 0.4) is 0 Å². The average Bonchev–Trinajstić information content (AvgIpc) is 2.61. The van der Waals surface area contributed by atoms with Gasteiger partial charge in [0.05, 0.1) is 6.10 Å². The standard InChI is InChI=1S/C20H23Cl3O2Si/c1-4-8-16-11-12-18(17-9-6-5-7-10-17)19(14-16)25-20(26(21,22)23)13-15(2)24-3/h4-7,9-12,14-15,20H,1,8,13H2,2-3H3. The molecule has 26 heavy (non-hydrogen) atoms. The Morgan fingerprint density at radius 1 is 1.12 bits per heavy atom. The molecule has 0 aliphatic carbocycles. The molecule has 0 fully saturated rings. The van der Waals surface area contributed by atoms with E-state index in [0.29, 0.717) is 12.2 Å². The summed E-state index contributed by atoms with van der Waals surface area (Å²) < 4.78 is 11.6. The van der Waals surface area contributed by atoms with Gasteiger partial charge in [-0.1, -0.05) is 48.5 Å². The molecular formula is C20H23Cl3O2Si. The van der Waals surface area contributed by atoms with Crippen molar-refractivity contribution in [2.24, 2.45) is 0 Å². The molecule has 0 spiro atoms. The first-order chi connectivity index (χ1) is 12.3. The molecule has 140 valence electrons. The molecular weight excluding hydrogens is 407 g/mol. The molecule has 2 nitrogen and oxygen atoms in total. The van der Waals surface area contributed by atoms with Crippen LogP contribution < -0.4 is 4.74 Å². The highest BCUT2D eigenvalue weighted by Gasteiger charge is 2.40. The molecule has 2 aromatic carbocycles. The molecule has 2 rings (SSSR count). The minimum absolute atomic E-state index is 0.0698. The third-order valence-corrected chi connectivity index (χ3v) is 7.37. The van der Waals surface area contributed by atoms with Crippen molar-refractivity contribution in [1.29, 1.82) is 0 Å². The number of benzene rings is 2. The van der Waals surface area contributed by atoms with Crippen LogP contribution in [0.5, 0.6) is 5.75 Å². The molecule has 0 amide bonds. The van der Waals surface area contributed by atoms with Gasteiger partial charge in [0.1, 0.15) is 11.5 Å². The smallest absolute Gasteiger partial charge is 0.381 e. The molecule has 6 heteroatoms. The number of rotatable bonds is 9. The summed E-state index contributed by atoms with van der Waals surface area (Å²) in [5.74, 6) is 0.711. The van der Waals surface area contributed by atoms with Gasteiger partial charge in [-0.05, 0) is 30.5 Å². The lowest BCUT2D eigenvalue weighted by Crippen LogP contribution is -2.39. The van der Waals surface area contributed by atoms with Gasteiger partial charge in [0, 0.05) is 19.1 Å². The topological polar surface area (TPSA) is 18.5 Å². The maximum Gasteiger partial charge on any atom is 0.381 e. The number of ether oxygens (including phenoxy) is 2. The van der Waals surface area contributed by atoms with Crippen LogP contribution in [0, 0.1) is 0 Å². The first-order valence-electron chi connectivity index (χ1n) is 8.40. The summed E-state index contributed by atoms with van der Waals surface area (Å²) in [5.41, 5.74) is 2.61. The second-order valence-electron chi connectivity index (χ2n) is 6.12. The molecule has 0 radical (unpaired) electrons. The van der Waals surface area contributed by atoms with Crippen LogP contribution in [0.4, 0.5) is 0 Å². The minimum atomic E-state index is -3.11. The fourth-order valence-corrected chi connectivity index (χ4v) is 4.68. The quantitative estimate of drug-likeness (QED) is 0.259. The number of halogens is 3. The monoisotopic (exact) mass is 428 g/mol. The maximum absolute atomic E-state index is 6.32. The lowest BCUT2D eigenvalue weighted by Gasteiger charge is -2.27. The summed E-state index contributed by atoms with van der Waals surface area (Å²) in [6.07, 6.45) is 3.05. The van der Waals surface area contributed by atoms with E-state index in [9.17, 15) is 0 Å². The summed E-state index contributed by atoms with van der Waals surface area (Å²) in [6, 6.07) is 13.0. The first kappa shape index (κ1) is 21.3. The van der Waals surface area contributed by atoms with Crippen molar-refractivity contribution in [3.8, 4) is 16.9 Å². The Bertz CT molecular complexity index is 717. The Hall–Kier alpha value is -0.973. The molecule has 0 saturated carbocycles. The summed E-state index contributed by atoms with van der Waals surface area (Å²) in [5, 5.41) is 0. The summed E-state index contributed by atoms with van der Waals surface area (Å²) in [6.45, 7) is 5.74. The third kappa shape index (κ3) is 6.03. The second kappa shape index (κ2) is 9.82. The largest absolute Gasteiger partial charge is 0.489 e. The molecule has 0 aromatic heterocycles. The fourth-order valence-electron chi connectivity index (χ4n) is 2.61. The minimum Gasteiger partial charge on any atom is -0.489 e. The van der Waals surface area contributed by atoms with Crippen molar-refractivity contribution in [1.82, 2.24) is 0 Å². The van der Waals surface area contributed by atoms with Gasteiger partial charge in [0.2, 0.25) is 0 Å². The average molecular weight is 430 g/mol. The Morgan fingerprint density at radius 2 is 1.81 bits per heavy atom. The Balaban J connectivity index is 2.43. The number of methoxy groups -OCH3 is 1. The molecule has 0 N–H and O–H groups in total. The van der Waals surface area contributed by atoms with Crippen molar-refractivity contribution in [2.45, 2.75) is 31.6 Å². The molecule has 2 atom stereocenters. The van der Waals surface area contributed by atoms with Crippen LogP contribution in [0.25, 0.3) is 11.1 Å². The van der Waals surface area contributed by atoms with E-state index in [1.807, 2.05) is 55.5 Å². The number of hydrogen-bond donors (Lipinski definition) is 0. The molecule has 2 unspecified atom stereocenters. The van der Waals surface area contributed by atoms with Crippen molar-refractivity contribution in [3.63, 3.8) is 0 Å². The van der Waals surface area contributed by atoms with Crippen LogP contribution in [-0.4, -0.2) is 24.9 Å². The van der Waals surface area contributed by atoms with Crippen LogP contribution in [-0.2, 0) is 11.2 Å². The predicted octanol–water partition coefficient (Wildman–Crippen LogP) is 6.45. The third-order valence-electron chi connectivity index (χ3n) is 4.09. The van der Waals surface area contributed by atoms with Gasteiger partial charge in [-0.2, -0.15) is 0 Å². The second-order valence-corrected chi connectivity index (χ2v) is 15.0. The van der Waals surface area contributed by atoms with Gasteiger partial charge in [0.25, 0.3) is 0 Å². The van der Waals surface area contributed by atoms with E-state index in [1.165, 1.54) is 0 Å². The van der Waals surface area contributed by atoms with Crippen LogP contribution in [0.15, 0.2) is 61.2 Å². The maximum atomic E-state index is 6.32. The van der Waals surface area contributed by atoms with Crippen LogP contribution in [0.2, 0.25) is 0 Å². The van der Waals surface area contributed by atoms with Crippen LogP contribution >= 0.6 is 33.2 Å². The van der Waals surface area contributed by atoms with Gasteiger partial charge in [-0.25, -0.2) is 0 Å². The van der Waals surface area contributed by atoms with Crippen LogP contribution in [0.1, 0.15) is 18.9 Å². The Kier molecular flexibility index (Phi) is 8.05. The molecule has 0 bridgehead atoms. The number of allylic oxidation sites excluding steroid dienone is 1. The van der Waals surface area contributed by atoms with E-state index < -0.39 is 11.7 Å². The zero-order chi connectivity index (χ0) is 19.2. The Labute approximate surface area is 170 Å². The van der Waals surface area contributed by atoms with Gasteiger partial charge in [0.15, 0.2) is 0 Å².